The van der Waals surface area contributed by atoms with Gasteiger partial charge in [-0.3, -0.25) is 4.79 Å². The van der Waals surface area contributed by atoms with Crippen molar-refractivity contribution >= 4 is 17.6 Å². The quantitative estimate of drug-likeness (QED) is 0.190. The topological polar surface area (TPSA) is 82.6 Å². The second kappa shape index (κ2) is 12.9. The third-order valence-corrected chi connectivity index (χ3v) is 5.21. The van der Waals surface area contributed by atoms with Crippen LogP contribution in [0.15, 0.2) is 91.0 Å². The van der Waals surface area contributed by atoms with E-state index < -0.39 is 0 Å². The molecule has 4 aromatic rings. The molecule has 1 aromatic heterocycles. The summed E-state index contributed by atoms with van der Waals surface area (Å²) in [6, 6.07) is 29.2. The molecule has 0 aliphatic heterocycles. The zero-order valence-electron chi connectivity index (χ0n) is 20.2. The average Bonchev–Trinajstić information content (AvgIpc) is 2.92. The number of nitrogens with zero attached hydrogens (tertiary/aromatic N) is 2. The van der Waals surface area contributed by atoms with Gasteiger partial charge in [-0.25, -0.2) is 4.98 Å². The van der Waals surface area contributed by atoms with Crippen molar-refractivity contribution in [2.45, 2.75) is 26.4 Å². The fourth-order valence-corrected chi connectivity index (χ4v) is 3.45. The van der Waals surface area contributed by atoms with Gasteiger partial charge in [0, 0.05) is 23.7 Å². The highest BCUT2D eigenvalue weighted by atomic mass is 16.5. The summed E-state index contributed by atoms with van der Waals surface area (Å²) < 4.78 is 16.6. The molecule has 0 saturated heterocycles. The monoisotopic (exact) mass is 483 g/mol. The Morgan fingerprint density at radius 1 is 0.861 bits per heavy atom. The number of esters is 1. The summed E-state index contributed by atoms with van der Waals surface area (Å²) in [5.41, 5.74) is 3.61. The maximum Gasteiger partial charge on any atom is 0.305 e. The fraction of sp³-hybridized carbons (Fsp3) is 0.207. The Labute approximate surface area is 211 Å². The Morgan fingerprint density at radius 3 is 2.31 bits per heavy atom. The van der Waals surface area contributed by atoms with Crippen molar-refractivity contribution in [3.63, 3.8) is 0 Å². The van der Waals surface area contributed by atoms with Crippen molar-refractivity contribution in [2.24, 2.45) is 0 Å². The van der Waals surface area contributed by atoms with Crippen LogP contribution in [0.3, 0.4) is 0 Å². The van der Waals surface area contributed by atoms with E-state index in [9.17, 15) is 4.79 Å². The van der Waals surface area contributed by atoms with E-state index in [0.29, 0.717) is 44.5 Å². The summed E-state index contributed by atoms with van der Waals surface area (Å²) in [7, 11) is 0. The lowest BCUT2D eigenvalue weighted by Crippen LogP contribution is -2.06. The number of hydrogen-bond donors (Lipinski definition) is 1. The van der Waals surface area contributed by atoms with Gasteiger partial charge in [0.1, 0.15) is 12.4 Å². The number of carbonyl (C=O) groups is 1. The van der Waals surface area contributed by atoms with Gasteiger partial charge in [-0.1, -0.05) is 60.7 Å². The van der Waals surface area contributed by atoms with Gasteiger partial charge >= 0.3 is 5.97 Å². The molecule has 0 unspecified atom stereocenters. The second-order valence-electron chi connectivity index (χ2n) is 7.96. The van der Waals surface area contributed by atoms with Gasteiger partial charge in [0.15, 0.2) is 0 Å². The minimum Gasteiger partial charge on any atom is -0.494 e. The van der Waals surface area contributed by atoms with Crippen LogP contribution in [0.25, 0.3) is 11.3 Å². The second-order valence-corrected chi connectivity index (χ2v) is 7.96. The summed E-state index contributed by atoms with van der Waals surface area (Å²) in [5, 5.41) is 3.26. The first-order chi connectivity index (χ1) is 17.7. The minimum atomic E-state index is -0.203. The number of rotatable bonds is 12. The highest BCUT2D eigenvalue weighted by Crippen LogP contribution is 2.25. The molecule has 0 aliphatic rings. The summed E-state index contributed by atoms with van der Waals surface area (Å²) in [5.74, 6) is 1.43. The van der Waals surface area contributed by atoms with Gasteiger partial charge in [-0.05, 0) is 43.2 Å². The van der Waals surface area contributed by atoms with Crippen LogP contribution in [0.1, 0.15) is 25.3 Å². The predicted octanol–water partition coefficient (Wildman–Crippen LogP) is 6.19. The Bertz CT molecular complexity index is 1230. The lowest BCUT2D eigenvalue weighted by molar-refractivity contribution is -0.143. The zero-order chi connectivity index (χ0) is 25.0. The van der Waals surface area contributed by atoms with Gasteiger partial charge < -0.3 is 19.5 Å². The van der Waals surface area contributed by atoms with Crippen LogP contribution in [0.5, 0.6) is 11.6 Å². The number of ether oxygens (including phenoxy) is 3. The molecule has 184 valence electrons. The fourth-order valence-electron chi connectivity index (χ4n) is 3.45. The van der Waals surface area contributed by atoms with Crippen molar-refractivity contribution in [3.8, 4) is 22.9 Å². The molecule has 0 fully saturated rings. The van der Waals surface area contributed by atoms with Crippen molar-refractivity contribution < 1.29 is 19.0 Å². The highest BCUT2D eigenvalue weighted by Gasteiger charge is 2.09. The summed E-state index contributed by atoms with van der Waals surface area (Å²) in [6.45, 7) is 3.04. The third kappa shape index (κ3) is 7.56. The minimum absolute atomic E-state index is 0.203. The van der Waals surface area contributed by atoms with Gasteiger partial charge in [-0.2, -0.15) is 4.98 Å². The van der Waals surface area contributed by atoms with Gasteiger partial charge in [-0.15, -0.1) is 0 Å². The Balaban J connectivity index is 1.42. The number of carbonyl (C=O) groups excluding carboxylic acids is 1. The number of hydrogen-bond acceptors (Lipinski definition) is 7. The van der Waals surface area contributed by atoms with E-state index >= 15 is 0 Å². The molecule has 3 aromatic carbocycles. The summed E-state index contributed by atoms with van der Waals surface area (Å²) in [6.07, 6.45) is 0.946. The molecule has 0 amide bonds. The standard InChI is InChI=1S/C29H29N3O4/c1-2-34-28(33)14-9-19-35-25-17-15-24(16-18-25)30-29-31-26(23-12-7-4-8-13-23)20-27(32-29)36-21-22-10-5-3-6-11-22/h3-8,10-13,15-18,20H,2,9,14,19,21H2,1H3,(H,30,31,32). The Hall–Kier alpha value is -4.39. The average molecular weight is 484 g/mol. The first kappa shape index (κ1) is 24.7. The number of nitrogens with one attached hydrogen (secondary N) is 1. The molecule has 1 N–H and O–H groups in total. The first-order valence-electron chi connectivity index (χ1n) is 12.0. The molecule has 36 heavy (non-hydrogen) atoms. The van der Waals surface area contributed by atoms with Crippen LogP contribution in [-0.2, 0) is 16.1 Å². The molecule has 0 bridgehead atoms. The normalized spacial score (nSPS) is 10.5. The molecule has 0 atom stereocenters. The Kier molecular flexibility index (Phi) is 8.86. The van der Waals surface area contributed by atoms with Crippen molar-refractivity contribution in [1.29, 1.82) is 0 Å². The van der Waals surface area contributed by atoms with Crippen LogP contribution in [0.2, 0.25) is 0 Å². The molecule has 1 heterocycles. The highest BCUT2D eigenvalue weighted by molar-refractivity contribution is 5.69. The predicted molar refractivity (Wildman–Crippen MR) is 139 cm³/mol. The van der Waals surface area contributed by atoms with Crippen LogP contribution >= 0.6 is 0 Å². The van der Waals surface area contributed by atoms with Gasteiger partial charge in [0.25, 0.3) is 0 Å². The smallest absolute Gasteiger partial charge is 0.305 e. The molecule has 7 heteroatoms. The van der Waals surface area contributed by atoms with Crippen molar-refractivity contribution in [3.05, 3.63) is 96.6 Å². The molecule has 0 spiro atoms. The first-order valence-corrected chi connectivity index (χ1v) is 12.0. The van der Waals surface area contributed by atoms with Crippen LogP contribution < -0.4 is 14.8 Å². The lowest BCUT2D eigenvalue weighted by atomic mass is 10.1. The summed E-state index contributed by atoms with van der Waals surface area (Å²) >= 11 is 0. The summed E-state index contributed by atoms with van der Waals surface area (Å²) in [4.78, 5) is 20.7. The lowest BCUT2D eigenvalue weighted by Gasteiger charge is -2.12. The zero-order valence-corrected chi connectivity index (χ0v) is 20.2. The maximum atomic E-state index is 11.4. The number of anilines is 2. The molecule has 4 rings (SSSR count). The molecule has 0 saturated carbocycles. The van der Waals surface area contributed by atoms with Crippen LogP contribution in [0.4, 0.5) is 11.6 Å². The van der Waals surface area contributed by atoms with E-state index in [2.05, 4.69) is 10.3 Å². The van der Waals surface area contributed by atoms with Crippen LogP contribution in [0, 0.1) is 0 Å². The molecule has 0 radical (unpaired) electrons. The molecule has 7 nitrogen and oxygen atoms in total. The SMILES string of the molecule is CCOC(=O)CCCOc1ccc(Nc2nc(OCc3ccccc3)cc(-c3ccccc3)n2)cc1. The van der Waals surface area contributed by atoms with E-state index in [1.54, 1.807) is 6.92 Å². The van der Waals surface area contributed by atoms with E-state index in [1.807, 2.05) is 91.0 Å². The Morgan fingerprint density at radius 2 is 1.58 bits per heavy atom. The number of benzene rings is 3. The largest absolute Gasteiger partial charge is 0.494 e. The molecule has 0 aliphatic carbocycles. The number of aromatic nitrogens is 2. The van der Waals surface area contributed by atoms with Crippen molar-refractivity contribution in [2.75, 3.05) is 18.5 Å². The maximum absolute atomic E-state index is 11.4. The van der Waals surface area contributed by atoms with Gasteiger partial charge in [0.2, 0.25) is 11.8 Å². The van der Waals surface area contributed by atoms with Crippen molar-refractivity contribution in [1.82, 2.24) is 9.97 Å². The van der Waals surface area contributed by atoms with Gasteiger partial charge in [0.05, 0.1) is 18.9 Å². The van der Waals surface area contributed by atoms with E-state index in [0.717, 1.165) is 28.3 Å². The van der Waals surface area contributed by atoms with E-state index in [-0.39, 0.29) is 5.97 Å². The van der Waals surface area contributed by atoms with E-state index in [1.165, 1.54) is 0 Å². The van der Waals surface area contributed by atoms with Crippen LogP contribution in [-0.4, -0.2) is 29.2 Å². The van der Waals surface area contributed by atoms with E-state index in [4.69, 9.17) is 19.2 Å². The molecular weight excluding hydrogens is 454 g/mol. The molecular formula is C29H29N3O4. The third-order valence-electron chi connectivity index (χ3n) is 5.21.